The van der Waals surface area contributed by atoms with Gasteiger partial charge in [-0.05, 0) is 13.3 Å². The highest BCUT2D eigenvalue weighted by atomic mass is 19.2. The third-order valence-corrected chi connectivity index (χ3v) is 2.87. The van der Waals surface area contributed by atoms with Gasteiger partial charge in [-0.2, -0.15) is 0 Å². The van der Waals surface area contributed by atoms with Crippen LogP contribution in [0.15, 0.2) is 18.3 Å². The molecule has 0 aliphatic rings. The molecule has 1 aromatic heterocycles. The molecule has 0 saturated carbocycles. The highest BCUT2D eigenvalue weighted by Crippen LogP contribution is 2.22. The van der Waals surface area contributed by atoms with Crippen LogP contribution in [-0.4, -0.2) is 16.1 Å². The number of rotatable bonds is 5. The number of nitrogens with zero attached hydrogens (tertiary/aromatic N) is 2. The molecule has 6 heteroatoms. The molecule has 108 valence electrons. The molecule has 2 aromatic rings. The van der Waals surface area contributed by atoms with Crippen LogP contribution in [0.5, 0.6) is 0 Å². The zero-order chi connectivity index (χ0) is 14.7. The Balaban J connectivity index is 2.42. The van der Waals surface area contributed by atoms with Crippen molar-refractivity contribution in [1.29, 1.82) is 0 Å². The average molecular weight is 283 g/mol. The van der Waals surface area contributed by atoms with Gasteiger partial charge in [-0.15, -0.1) is 0 Å². The van der Waals surface area contributed by atoms with Crippen LogP contribution in [0.1, 0.15) is 25.5 Å². The van der Waals surface area contributed by atoms with E-state index < -0.39 is 17.5 Å². The lowest BCUT2D eigenvalue weighted by atomic mass is 10.2. The molecule has 2 rings (SSSR count). The van der Waals surface area contributed by atoms with Gasteiger partial charge in [0.05, 0.1) is 11.4 Å². The standard InChI is InChI=1S/C14H16F3N3/c1-3-4-5-18-14-19-9(2)8-20(14)12-7-10(15)6-11(16)13(12)17/h6-8H,3-5H2,1-2H3,(H,18,19). The fourth-order valence-electron chi connectivity index (χ4n) is 1.90. The van der Waals surface area contributed by atoms with Crippen molar-refractivity contribution >= 4 is 5.95 Å². The van der Waals surface area contributed by atoms with Gasteiger partial charge in [0.25, 0.3) is 0 Å². The van der Waals surface area contributed by atoms with E-state index in [9.17, 15) is 13.2 Å². The summed E-state index contributed by atoms with van der Waals surface area (Å²) in [6.45, 7) is 4.43. The number of halogens is 3. The number of unbranched alkanes of at least 4 members (excludes halogenated alkanes) is 1. The Kier molecular flexibility index (Phi) is 4.32. The van der Waals surface area contributed by atoms with Crippen LogP contribution >= 0.6 is 0 Å². The van der Waals surface area contributed by atoms with E-state index in [0.29, 0.717) is 24.3 Å². The highest BCUT2D eigenvalue weighted by molar-refractivity contribution is 5.44. The van der Waals surface area contributed by atoms with Gasteiger partial charge in [0.1, 0.15) is 5.82 Å². The summed E-state index contributed by atoms with van der Waals surface area (Å²) in [5.41, 5.74) is 0.440. The summed E-state index contributed by atoms with van der Waals surface area (Å²) >= 11 is 0. The summed E-state index contributed by atoms with van der Waals surface area (Å²) < 4.78 is 41.7. The first-order chi connectivity index (χ1) is 9.52. The Bertz CT molecular complexity index is 608. The predicted octanol–water partition coefficient (Wildman–Crippen LogP) is 3.81. The maximum Gasteiger partial charge on any atom is 0.207 e. The van der Waals surface area contributed by atoms with Crippen LogP contribution in [0.3, 0.4) is 0 Å². The number of hydrogen-bond donors (Lipinski definition) is 1. The molecule has 0 bridgehead atoms. The molecule has 0 amide bonds. The molecule has 0 unspecified atom stereocenters. The number of hydrogen-bond acceptors (Lipinski definition) is 2. The first kappa shape index (κ1) is 14.4. The molecule has 0 saturated heterocycles. The van der Waals surface area contributed by atoms with Crippen molar-refractivity contribution in [3.8, 4) is 5.69 Å². The number of imidazole rings is 1. The second-order valence-electron chi connectivity index (χ2n) is 4.58. The Labute approximate surface area is 115 Å². The van der Waals surface area contributed by atoms with Crippen molar-refractivity contribution < 1.29 is 13.2 Å². The van der Waals surface area contributed by atoms with Crippen molar-refractivity contribution in [2.24, 2.45) is 0 Å². The Morgan fingerprint density at radius 1 is 1.25 bits per heavy atom. The highest BCUT2D eigenvalue weighted by Gasteiger charge is 2.16. The molecule has 0 aliphatic heterocycles. The number of aromatic nitrogens is 2. The summed E-state index contributed by atoms with van der Waals surface area (Å²) in [5.74, 6) is -2.77. The van der Waals surface area contributed by atoms with E-state index in [1.165, 1.54) is 10.8 Å². The van der Waals surface area contributed by atoms with Gasteiger partial charge in [-0.3, -0.25) is 4.57 Å². The van der Waals surface area contributed by atoms with E-state index in [-0.39, 0.29) is 5.69 Å². The molecule has 1 heterocycles. The van der Waals surface area contributed by atoms with Gasteiger partial charge < -0.3 is 5.32 Å². The lowest BCUT2D eigenvalue weighted by Crippen LogP contribution is -2.09. The fraction of sp³-hybridized carbons (Fsp3) is 0.357. The quantitative estimate of drug-likeness (QED) is 0.668. The van der Waals surface area contributed by atoms with Gasteiger partial charge in [0.15, 0.2) is 11.6 Å². The number of aryl methyl sites for hydroxylation is 1. The van der Waals surface area contributed by atoms with E-state index in [4.69, 9.17) is 0 Å². The maximum absolute atomic E-state index is 13.8. The molecule has 0 aliphatic carbocycles. The van der Waals surface area contributed by atoms with Crippen LogP contribution in [0, 0.1) is 24.4 Å². The van der Waals surface area contributed by atoms with Crippen LogP contribution in [0.25, 0.3) is 5.69 Å². The first-order valence-electron chi connectivity index (χ1n) is 6.47. The lowest BCUT2D eigenvalue weighted by Gasteiger charge is -2.10. The van der Waals surface area contributed by atoms with Crippen molar-refractivity contribution in [3.05, 3.63) is 41.5 Å². The summed E-state index contributed by atoms with van der Waals surface area (Å²) in [6.07, 6.45) is 3.45. The monoisotopic (exact) mass is 283 g/mol. The topological polar surface area (TPSA) is 29.9 Å². The molecule has 0 spiro atoms. The molecule has 0 atom stereocenters. The van der Waals surface area contributed by atoms with Gasteiger partial charge in [0.2, 0.25) is 5.95 Å². The Morgan fingerprint density at radius 2 is 2.00 bits per heavy atom. The fourth-order valence-corrected chi connectivity index (χ4v) is 1.90. The third kappa shape index (κ3) is 2.95. The van der Waals surface area contributed by atoms with Crippen molar-refractivity contribution in [2.45, 2.75) is 26.7 Å². The van der Waals surface area contributed by atoms with Gasteiger partial charge in [-0.1, -0.05) is 13.3 Å². The van der Waals surface area contributed by atoms with Gasteiger partial charge in [-0.25, -0.2) is 18.2 Å². The molecule has 0 radical (unpaired) electrons. The molecular weight excluding hydrogens is 267 g/mol. The Hall–Kier alpha value is -1.98. The zero-order valence-electron chi connectivity index (χ0n) is 11.4. The maximum atomic E-state index is 13.8. The van der Waals surface area contributed by atoms with Crippen molar-refractivity contribution in [3.63, 3.8) is 0 Å². The Morgan fingerprint density at radius 3 is 2.70 bits per heavy atom. The number of nitrogens with one attached hydrogen (secondary N) is 1. The average Bonchev–Trinajstić information content (AvgIpc) is 2.75. The largest absolute Gasteiger partial charge is 0.355 e. The van der Waals surface area contributed by atoms with E-state index in [2.05, 4.69) is 10.3 Å². The van der Waals surface area contributed by atoms with Crippen LogP contribution < -0.4 is 5.32 Å². The lowest BCUT2D eigenvalue weighted by molar-refractivity contribution is 0.490. The van der Waals surface area contributed by atoms with Crippen molar-refractivity contribution in [2.75, 3.05) is 11.9 Å². The molecular formula is C14H16F3N3. The summed E-state index contributed by atoms with van der Waals surface area (Å²) in [4.78, 5) is 4.20. The van der Waals surface area contributed by atoms with E-state index in [0.717, 1.165) is 18.9 Å². The van der Waals surface area contributed by atoms with E-state index >= 15 is 0 Å². The minimum absolute atomic E-state index is 0.193. The smallest absolute Gasteiger partial charge is 0.207 e. The third-order valence-electron chi connectivity index (χ3n) is 2.87. The molecule has 20 heavy (non-hydrogen) atoms. The second kappa shape index (κ2) is 5.98. The van der Waals surface area contributed by atoms with Crippen LogP contribution in [0.2, 0.25) is 0 Å². The second-order valence-corrected chi connectivity index (χ2v) is 4.58. The van der Waals surface area contributed by atoms with Crippen LogP contribution in [0.4, 0.5) is 19.1 Å². The number of benzene rings is 1. The molecule has 0 fully saturated rings. The molecule has 1 aromatic carbocycles. The first-order valence-corrected chi connectivity index (χ1v) is 6.47. The minimum Gasteiger partial charge on any atom is -0.355 e. The SMILES string of the molecule is CCCCNc1nc(C)cn1-c1cc(F)cc(F)c1F. The molecule has 1 N–H and O–H groups in total. The zero-order valence-corrected chi connectivity index (χ0v) is 11.4. The van der Waals surface area contributed by atoms with Gasteiger partial charge >= 0.3 is 0 Å². The summed E-state index contributed by atoms with van der Waals surface area (Å²) in [6, 6.07) is 1.47. The van der Waals surface area contributed by atoms with Crippen LogP contribution in [-0.2, 0) is 0 Å². The van der Waals surface area contributed by atoms with E-state index in [1.54, 1.807) is 6.92 Å². The van der Waals surface area contributed by atoms with Gasteiger partial charge in [0, 0.05) is 24.9 Å². The summed E-state index contributed by atoms with van der Waals surface area (Å²) in [5, 5.41) is 3.04. The predicted molar refractivity (Wildman–Crippen MR) is 71.6 cm³/mol. The normalized spacial score (nSPS) is 10.8. The summed E-state index contributed by atoms with van der Waals surface area (Å²) in [7, 11) is 0. The van der Waals surface area contributed by atoms with E-state index in [1.807, 2.05) is 6.92 Å². The van der Waals surface area contributed by atoms with Crippen molar-refractivity contribution in [1.82, 2.24) is 9.55 Å². The molecule has 3 nitrogen and oxygen atoms in total. The minimum atomic E-state index is -1.22. The number of anilines is 1.